The van der Waals surface area contributed by atoms with Crippen molar-refractivity contribution >= 4 is 50.8 Å². The van der Waals surface area contributed by atoms with E-state index in [1.807, 2.05) is 49.6 Å². The van der Waals surface area contributed by atoms with E-state index >= 15 is 0 Å². The lowest BCUT2D eigenvalue weighted by atomic mass is 10.1. The molecule has 0 unspecified atom stereocenters. The molecular formula is C20H22ClN3O2S2. The van der Waals surface area contributed by atoms with Gasteiger partial charge in [0.05, 0.1) is 11.3 Å². The number of amides is 1. The van der Waals surface area contributed by atoms with Crippen LogP contribution in [0.3, 0.4) is 0 Å². The number of rotatable bonds is 8. The molecule has 0 aliphatic carbocycles. The molecule has 28 heavy (non-hydrogen) atoms. The summed E-state index contributed by atoms with van der Waals surface area (Å²) in [5.74, 6) is 0.323. The highest BCUT2D eigenvalue weighted by atomic mass is 35.5. The zero-order chi connectivity index (χ0) is 20.1. The molecule has 3 aromatic rings. The van der Waals surface area contributed by atoms with E-state index in [1.54, 1.807) is 9.47 Å². The number of aromatic nitrogens is 2. The Labute approximate surface area is 177 Å². The van der Waals surface area contributed by atoms with Crippen LogP contribution in [0.25, 0.3) is 10.2 Å². The van der Waals surface area contributed by atoms with Gasteiger partial charge < -0.3 is 4.90 Å². The SMILES string of the molecule is CCN(CC)C(=O)CSc1nc2ccsc2c(=O)n1CCc1ccc(Cl)cc1. The molecule has 2 heterocycles. The number of thiophene rings is 1. The molecular weight excluding hydrogens is 414 g/mol. The van der Waals surface area contributed by atoms with Gasteiger partial charge in [-0.25, -0.2) is 4.98 Å². The first-order valence-electron chi connectivity index (χ1n) is 9.16. The number of fused-ring (bicyclic) bond motifs is 1. The van der Waals surface area contributed by atoms with Crippen molar-refractivity contribution in [2.75, 3.05) is 18.8 Å². The second-order valence-electron chi connectivity index (χ2n) is 6.22. The van der Waals surface area contributed by atoms with Gasteiger partial charge in [-0.3, -0.25) is 14.2 Å². The lowest BCUT2D eigenvalue weighted by molar-refractivity contribution is -0.127. The summed E-state index contributed by atoms with van der Waals surface area (Å²) in [6.07, 6.45) is 0.688. The smallest absolute Gasteiger partial charge is 0.272 e. The third-order valence-corrected chi connectivity index (χ3v) is 6.61. The van der Waals surface area contributed by atoms with Gasteiger partial charge in [0.15, 0.2) is 5.16 Å². The van der Waals surface area contributed by atoms with E-state index in [9.17, 15) is 9.59 Å². The number of carbonyl (C=O) groups excluding carboxylic acids is 1. The van der Waals surface area contributed by atoms with Gasteiger partial charge >= 0.3 is 0 Å². The number of benzene rings is 1. The van der Waals surface area contributed by atoms with E-state index in [-0.39, 0.29) is 17.2 Å². The van der Waals surface area contributed by atoms with Crippen LogP contribution in [0, 0.1) is 0 Å². The van der Waals surface area contributed by atoms with E-state index in [1.165, 1.54) is 23.1 Å². The number of hydrogen-bond donors (Lipinski definition) is 0. The minimum Gasteiger partial charge on any atom is -0.343 e. The maximum Gasteiger partial charge on any atom is 0.272 e. The molecule has 1 aromatic carbocycles. The largest absolute Gasteiger partial charge is 0.343 e. The van der Waals surface area contributed by atoms with Gasteiger partial charge in [0.25, 0.3) is 5.56 Å². The monoisotopic (exact) mass is 435 g/mol. The van der Waals surface area contributed by atoms with Crippen LogP contribution >= 0.6 is 34.7 Å². The van der Waals surface area contributed by atoms with E-state index in [0.717, 1.165) is 5.56 Å². The summed E-state index contributed by atoms with van der Waals surface area (Å²) in [6.45, 7) is 5.78. The summed E-state index contributed by atoms with van der Waals surface area (Å²) >= 11 is 8.68. The van der Waals surface area contributed by atoms with Gasteiger partial charge in [0.1, 0.15) is 4.70 Å². The van der Waals surface area contributed by atoms with E-state index in [0.29, 0.717) is 46.5 Å². The van der Waals surface area contributed by atoms with E-state index < -0.39 is 0 Å². The quantitative estimate of drug-likeness (QED) is 0.390. The molecule has 1 amide bonds. The fourth-order valence-corrected chi connectivity index (χ4v) is 4.75. The van der Waals surface area contributed by atoms with Gasteiger partial charge in [-0.15, -0.1) is 11.3 Å². The normalized spacial score (nSPS) is 11.1. The maximum atomic E-state index is 13.0. The molecule has 0 saturated heterocycles. The Bertz CT molecular complexity index is 1010. The van der Waals surface area contributed by atoms with Gasteiger partial charge in [0.2, 0.25) is 5.91 Å². The summed E-state index contributed by atoms with van der Waals surface area (Å²) in [7, 11) is 0. The third kappa shape index (κ3) is 4.77. The summed E-state index contributed by atoms with van der Waals surface area (Å²) in [6, 6.07) is 9.46. The van der Waals surface area contributed by atoms with Crippen LogP contribution in [0.1, 0.15) is 19.4 Å². The highest BCUT2D eigenvalue weighted by molar-refractivity contribution is 7.99. The number of hydrogen-bond acceptors (Lipinski definition) is 5. The van der Waals surface area contributed by atoms with Crippen molar-refractivity contribution in [3.8, 4) is 0 Å². The molecule has 0 aliphatic heterocycles. The van der Waals surface area contributed by atoms with Gasteiger partial charge in [-0.2, -0.15) is 0 Å². The molecule has 8 heteroatoms. The maximum absolute atomic E-state index is 13.0. The Morgan fingerprint density at radius 2 is 1.93 bits per heavy atom. The Kier molecular flexibility index (Phi) is 7.15. The van der Waals surface area contributed by atoms with Crippen LogP contribution in [0.2, 0.25) is 5.02 Å². The van der Waals surface area contributed by atoms with Crippen molar-refractivity contribution in [3.05, 3.63) is 56.7 Å². The number of nitrogens with zero attached hydrogens (tertiary/aromatic N) is 3. The Balaban J connectivity index is 1.85. The molecule has 5 nitrogen and oxygen atoms in total. The van der Waals surface area contributed by atoms with Crippen molar-refractivity contribution < 1.29 is 4.79 Å². The average Bonchev–Trinajstić information content (AvgIpc) is 3.17. The molecule has 148 valence electrons. The minimum absolute atomic E-state index is 0.0493. The molecule has 0 bridgehead atoms. The molecule has 0 N–H and O–H groups in total. The van der Waals surface area contributed by atoms with Crippen LogP contribution in [-0.4, -0.2) is 39.2 Å². The van der Waals surface area contributed by atoms with Crippen molar-refractivity contribution in [2.24, 2.45) is 0 Å². The fourth-order valence-electron chi connectivity index (χ4n) is 2.92. The number of carbonyl (C=O) groups is 1. The van der Waals surface area contributed by atoms with Gasteiger partial charge in [0, 0.05) is 24.7 Å². The zero-order valence-electron chi connectivity index (χ0n) is 15.9. The molecule has 0 aliphatic rings. The van der Waals surface area contributed by atoms with Crippen molar-refractivity contribution in [1.82, 2.24) is 14.5 Å². The zero-order valence-corrected chi connectivity index (χ0v) is 18.2. The summed E-state index contributed by atoms with van der Waals surface area (Å²) in [5, 5.41) is 3.15. The van der Waals surface area contributed by atoms with E-state index in [4.69, 9.17) is 11.6 Å². The lowest BCUT2D eigenvalue weighted by Crippen LogP contribution is -2.32. The third-order valence-electron chi connectivity index (χ3n) is 4.51. The molecule has 2 aromatic heterocycles. The first-order chi connectivity index (χ1) is 13.5. The molecule has 0 spiro atoms. The fraction of sp³-hybridized carbons (Fsp3) is 0.350. The Morgan fingerprint density at radius 1 is 1.21 bits per heavy atom. The molecule has 0 saturated carbocycles. The highest BCUT2D eigenvalue weighted by Gasteiger charge is 2.16. The first-order valence-corrected chi connectivity index (χ1v) is 11.4. The van der Waals surface area contributed by atoms with Crippen LogP contribution in [0.15, 0.2) is 45.7 Å². The van der Waals surface area contributed by atoms with Crippen LogP contribution in [0.4, 0.5) is 0 Å². The minimum atomic E-state index is -0.0493. The Hall–Kier alpha value is -1.83. The summed E-state index contributed by atoms with van der Waals surface area (Å²) in [5.41, 5.74) is 1.74. The van der Waals surface area contributed by atoms with Crippen LogP contribution < -0.4 is 5.56 Å². The lowest BCUT2D eigenvalue weighted by Gasteiger charge is -2.18. The molecule has 0 radical (unpaired) electrons. The topological polar surface area (TPSA) is 55.2 Å². The predicted octanol–water partition coefficient (Wildman–Crippen LogP) is 4.31. The summed E-state index contributed by atoms with van der Waals surface area (Å²) in [4.78, 5) is 31.8. The van der Waals surface area contributed by atoms with Crippen LogP contribution in [-0.2, 0) is 17.8 Å². The second-order valence-corrected chi connectivity index (χ2v) is 8.51. The number of aryl methyl sites for hydroxylation is 1. The molecule has 3 rings (SSSR count). The van der Waals surface area contributed by atoms with Crippen molar-refractivity contribution in [1.29, 1.82) is 0 Å². The number of halogens is 1. The van der Waals surface area contributed by atoms with Crippen LogP contribution in [0.5, 0.6) is 0 Å². The Morgan fingerprint density at radius 3 is 2.61 bits per heavy atom. The van der Waals surface area contributed by atoms with Crippen molar-refractivity contribution in [3.63, 3.8) is 0 Å². The van der Waals surface area contributed by atoms with E-state index in [2.05, 4.69) is 4.98 Å². The predicted molar refractivity (Wildman–Crippen MR) is 118 cm³/mol. The molecule has 0 atom stereocenters. The molecule has 0 fully saturated rings. The highest BCUT2D eigenvalue weighted by Crippen LogP contribution is 2.22. The van der Waals surface area contributed by atoms with Gasteiger partial charge in [-0.05, 0) is 49.4 Å². The first kappa shape index (κ1) is 20.9. The second kappa shape index (κ2) is 9.58. The standard InChI is InChI=1S/C20H22ClN3O2S2/c1-3-23(4-2)17(25)13-28-20-22-16-10-12-27-18(16)19(26)24(20)11-9-14-5-7-15(21)8-6-14/h5-8,10,12H,3-4,9,11,13H2,1-2H3. The summed E-state index contributed by atoms with van der Waals surface area (Å²) < 4.78 is 2.34. The van der Waals surface area contributed by atoms with Crippen molar-refractivity contribution in [2.45, 2.75) is 32.0 Å². The van der Waals surface area contributed by atoms with Gasteiger partial charge in [-0.1, -0.05) is 35.5 Å². The average molecular weight is 436 g/mol. The number of thioether (sulfide) groups is 1.